The van der Waals surface area contributed by atoms with Crippen LogP contribution >= 0.6 is 0 Å². The van der Waals surface area contributed by atoms with Crippen molar-refractivity contribution in [2.75, 3.05) is 0 Å². The molecule has 4 aromatic heterocycles. The second-order valence-corrected chi connectivity index (χ2v) is 15.8. The first-order chi connectivity index (χ1) is 34.8. The molecule has 0 N–H and O–H groups in total. The molecule has 5 aromatic carbocycles. The van der Waals surface area contributed by atoms with E-state index in [0.717, 1.165) is 35.5 Å². The molecule has 0 saturated carbocycles. The highest BCUT2D eigenvalue weighted by molar-refractivity contribution is 6.09. The largest absolute Gasteiger partial charge is 0.455 e. The number of furan rings is 1. The van der Waals surface area contributed by atoms with E-state index >= 15 is 0 Å². The molecule has 5 heteroatoms. The number of nitrogens with zero attached hydrogens (tertiary/aromatic N) is 3. The Bertz CT molecular complexity index is 3410. The van der Waals surface area contributed by atoms with Gasteiger partial charge in [0.2, 0.25) is 0 Å². The van der Waals surface area contributed by atoms with Gasteiger partial charge in [-0.05, 0) is 131 Å². The van der Waals surface area contributed by atoms with E-state index in [1.807, 2.05) is 94.4 Å². The lowest BCUT2D eigenvalue weighted by molar-refractivity contribution is 0.618. The van der Waals surface area contributed by atoms with Gasteiger partial charge in [0.15, 0.2) is 0 Å². The van der Waals surface area contributed by atoms with Crippen LogP contribution in [0.4, 0.5) is 4.39 Å². The van der Waals surface area contributed by atoms with E-state index in [2.05, 4.69) is 15.0 Å². The van der Waals surface area contributed by atoms with Crippen molar-refractivity contribution in [2.45, 2.75) is 77.8 Å². The predicted molar refractivity (Wildman–Crippen MR) is 253 cm³/mol. The fourth-order valence-electron chi connectivity index (χ4n) is 7.51. The van der Waals surface area contributed by atoms with Crippen LogP contribution in [0.3, 0.4) is 0 Å². The molecule has 308 valence electrons. The first-order valence-corrected chi connectivity index (χ1v) is 20.6. The van der Waals surface area contributed by atoms with Gasteiger partial charge in [-0.15, -0.1) is 0 Å². The van der Waals surface area contributed by atoms with Gasteiger partial charge in [-0.25, -0.2) is 4.39 Å². The van der Waals surface area contributed by atoms with E-state index < -0.39 is 60.7 Å². The van der Waals surface area contributed by atoms with Crippen LogP contribution in [-0.2, 0) is 38.2 Å². The fraction of sp³-hybridized carbons (Fsp3) is 0.211. The van der Waals surface area contributed by atoms with Gasteiger partial charge in [0.05, 0.1) is 17.1 Å². The van der Waals surface area contributed by atoms with Crippen molar-refractivity contribution >= 4 is 21.9 Å². The molecule has 4 heterocycles. The van der Waals surface area contributed by atoms with Crippen LogP contribution in [-0.4, -0.2) is 15.0 Å². The molecule has 0 radical (unpaired) electrons. The minimum Gasteiger partial charge on any atom is -0.455 e. The molecule has 9 rings (SSSR count). The molecule has 0 bridgehead atoms. The highest BCUT2D eigenvalue weighted by Gasteiger charge is 2.16. The molecule has 0 saturated heterocycles. The third-order valence-corrected chi connectivity index (χ3v) is 10.7. The Morgan fingerprint density at radius 1 is 0.484 bits per heavy atom. The maximum Gasteiger partial charge on any atom is 0.144 e. The first kappa shape index (κ1) is 28.7. The number of benzene rings is 5. The summed E-state index contributed by atoms with van der Waals surface area (Å²) in [5.41, 5.74) is 2.86. The smallest absolute Gasteiger partial charge is 0.144 e. The van der Waals surface area contributed by atoms with Gasteiger partial charge in [-0.1, -0.05) is 125 Å². The average Bonchev–Trinajstić information content (AvgIpc) is 3.76. The van der Waals surface area contributed by atoms with Gasteiger partial charge < -0.3 is 4.42 Å². The number of aryl methyl sites for hydroxylation is 6. The van der Waals surface area contributed by atoms with E-state index in [0.29, 0.717) is 55.7 Å². The average molecular weight is 826 g/mol. The molecule has 0 aliphatic rings. The van der Waals surface area contributed by atoms with Gasteiger partial charge >= 0.3 is 0 Å². The fourth-order valence-corrected chi connectivity index (χ4v) is 7.51. The van der Waals surface area contributed by atoms with Crippen molar-refractivity contribution in [1.82, 2.24) is 15.0 Å². The third-order valence-electron chi connectivity index (χ3n) is 10.7. The van der Waals surface area contributed by atoms with Crippen LogP contribution in [0.25, 0.3) is 55.7 Å². The van der Waals surface area contributed by atoms with Gasteiger partial charge in [-0.2, -0.15) is 0 Å². The zero-order chi connectivity index (χ0) is 53.3. The molecular formula is C57H52FN3O. The quantitative estimate of drug-likeness (QED) is 0.110. The second-order valence-electron chi connectivity index (χ2n) is 15.8. The number of halogens is 1. The van der Waals surface area contributed by atoms with E-state index in [4.69, 9.17) is 4.42 Å². The molecule has 0 spiro atoms. The van der Waals surface area contributed by atoms with Crippen molar-refractivity contribution in [1.29, 1.82) is 0 Å². The molecule has 0 atom stereocenters. The molecule has 0 aliphatic heterocycles. The number of hydrogen-bond donors (Lipinski definition) is 0. The summed E-state index contributed by atoms with van der Waals surface area (Å²) in [5, 5.41) is 1.37. The third kappa shape index (κ3) is 8.99. The lowest BCUT2D eigenvalue weighted by atomic mass is 9.90. The molecule has 0 aliphatic carbocycles. The molecule has 0 fully saturated rings. The summed E-state index contributed by atoms with van der Waals surface area (Å²) in [6.07, 6.45) is -14.5. The Morgan fingerprint density at radius 3 is 1.55 bits per heavy atom. The lowest BCUT2D eigenvalue weighted by Crippen LogP contribution is -2.04. The van der Waals surface area contributed by atoms with E-state index in [9.17, 15) is 20.8 Å². The van der Waals surface area contributed by atoms with Gasteiger partial charge in [0, 0.05) is 68.6 Å². The maximum absolute atomic E-state index is 14.2. The lowest BCUT2D eigenvalue weighted by Gasteiger charge is -2.16. The van der Waals surface area contributed by atoms with Gasteiger partial charge in [-0.3, -0.25) is 15.0 Å². The molecule has 0 unspecified atom stereocenters. The molecule has 9 aromatic rings. The SMILES string of the molecule is [2H]C([2H])(c1ccc(-c2cccc3c2oc2cc(F)ccc23)nc1)C([2H])([2H])c1cc(C([2H])([2H])C([2H])([2H])c2cnc(-c3ccccc3)cc2C(C)C)cc(C([2H])([2H])C([2H])([2H])c2cnc(-c3ccccc3)cc2C(C)C)c1. The number of para-hydroxylation sites is 1. The zero-order valence-corrected chi connectivity index (χ0v) is 34.8. The monoisotopic (exact) mass is 825 g/mol. The number of aromatic nitrogens is 3. The summed E-state index contributed by atoms with van der Waals surface area (Å²) in [6.45, 7) is 7.34. The summed E-state index contributed by atoms with van der Waals surface area (Å²) >= 11 is 0. The van der Waals surface area contributed by atoms with E-state index in [1.54, 1.807) is 30.3 Å². The normalized spacial score (nSPS) is 15.9. The molecular weight excluding hydrogens is 762 g/mol. The van der Waals surface area contributed by atoms with Crippen LogP contribution in [0.5, 0.6) is 0 Å². The van der Waals surface area contributed by atoms with Crippen LogP contribution < -0.4 is 0 Å². The minimum absolute atomic E-state index is 0.108. The Kier molecular flexibility index (Phi) is 8.39. The highest BCUT2D eigenvalue weighted by Crippen LogP contribution is 2.36. The summed E-state index contributed by atoms with van der Waals surface area (Å²) in [5.74, 6) is -1.14. The number of fused-ring (bicyclic) bond motifs is 3. The van der Waals surface area contributed by atoms with Gasteiger partial charge in [0.1, 0.15) is 17.0 Å². The van der Waals surface area contributed by atoms with E-state index in [-0.39, 0.29) is 28.5 Å². The molecule has 62 heavy (non-hydrogen) atoms. The van der Waals surface area contributed by atoms with Crippen LogP contribution in [0.2, 0.25) is 0 Å². The summed E-state index contributed by atoms with van der Waals surface area (Å²) in [4.78, 5) is 13.6. The van der Waals surface area contributed by atoms with Crippen molar-refractivity contribution in [3.63, 3.8) is 0 Å². The Hall–Kier alpha value is -6.72. The summed E-state index contributed by atoms with van der Waals surface area (Å²) in [7, 11) is 0. The highest BCUT2D eigenvalue weighted by atomic mass is 19.1. The first-order valence-electron chi connectivity index (χ1n) is 26.6. The van der Waals surface area contributed by atoms with E-state index in [1.165, 1.54) is 36.7 Å². The van der Waals surface area contributed by atoms with Crippen molar-refractivity contribution in [2.24, 2.45) is 0 Å². The van der Waals surface area contributed by atoms with Crippen molar-refractivity contribution in [3.05, 3.63) is 208 Å². The number of rotatable bonds is 14. The topological polar surface area (TPSA) is 51.8 Å². The Morgan fingerprint density at radius 2 is 1.02 bits per heavy atom. The summed E-state index contributed by atoms with van der Waals surface area (Å²) < 4.78 is 136. The minimum atomic E-state index is -3.14. The van der Waals surface area contributed by atoms with Crippen LogP contribution in [0, 0.1) is 5.82 Å². The van der Waals surface area contributed by atoms with Crippen LogP contribution in [0.15, 0.2) is 163 Å². The number of hydrogen-bond acceptors (Lipinski definition) is 4. The van der Waals surface area contributed by atoms with Gasteiger partial charge in [0.25, 0.3) is 0 Å². The second kappa shape index (κ2) is 18.1. The zero-order valence-electron chi connectivity index (χ0n) is 46.8. The number of pyridine rings is 3. The molecule has 4 nitrogen and oxygen atoms in total. The van der Waals surface area contributed by atoms with Crippen molar-refractivity contribution < 1.29 is 25.3 Å². The van der Waals surface area contributed by atoms with Crippen molar-refractivity contribution in [3.8, 4) is 33.8 Å². The maximum atomic E-state index is 14.2. The van der Waals surface area contributed by atoms with Crippen LogP contribution in [0.1, 0.15) is 100 Å². The Labute approximate surface area is 381 Å². The standard InChI is InChI=1S/C57H52FN3O/c1-37(2)51-32-54(43-12-7-5-8-13-43)60-35-45(51)23-20-41-28-40(29-42(30-41)21-24-46-36-61-55(33-52(46)38(3)4)44-14-9-6-10-15-44)19-18-39-22-27-53(59-34-39)50-17-11-16-49-48-26-25-47(58)31-56(48)62-57(49)50/h5-17,22,25-38H,18-21,23-24H2,1-4H3/i18D2,19D2,20D2,21D2,23D2,24D2. The predicted octanol–water partition coefficient (Wildman–Crippen LogP) is 14.5. The molecule has 0 amide bonds. The Balaban J connectivity index is 1.18. The summed E-state index contributed by atoms with van der Waals surface area (Å²) in [6, 6.07) is 37.2.